The summed E-state index contributed by atoms with van der Waals surface area (Å²) in [7, 11) is 3.69. The summed E-state index contributed by atoms with van der Waals surface area (Å²) in [5, 5.41) is 18.9. The number of carbonyl (C=O) groups excluding carboxylic acids is 1. The van der Waals surface area contributed by atoms with E-state index in [4.69, 9.17) is 4.74 Å². The molecule has 0 radical (unpaired) electrons. The van der Waals surface area contributed by atoms with Crippen LogP contribution in [0.5, 0.6) is 0 Å². The normalized spacial score (nSPS) is 21.7. The number of urea groups is 1. The van der Waals surface area contributed by atoms with Gasteiger partial charge in [0.2, 0.25) is 0 Å². The maximum absolute atomic E-state index is 13.4. The molecule has 1 saturated heterocycles. The molecule has 0 spiro atoms. The van der Waals surface area contributed by atoms with Crippen molar-refractivity contribution < 1.29 is 14.6 Å². The highest BCUT2D eigenvalue weighted by atomic mass is 16.5. The van der Waals surface area contributed by atoms with E-state index < -0.39 is 5.60 Å². The Morgan fingerprint density at radius 2 is 1.94 bits per heavy atom. The number of aryl methyl sites for hydroxylation is 1. The number of hydrogen-bond donors (Lipinski definition) is 3. The van der Waals surface area contributed by atoms with Gasteiger partial charge in [0.05, 0.1) is 5.60 Å². The Morgan fingerprint density at radius 1 is 1.17 bits per heavy atom. The Balaban J connectivity index is 1.72. The molecule has 6 heteroatoms. The number of carbonyl (C=O) groups is 1. The molecule has 36 heavy (non-hydrogen) atoms. The van der Waals surface area contributed by atoms with Crippen molar-refractivity contribution in [3.8, 4) is 0 Å². The third kappa shape index (κ3) is 7.69. The zero-order chi connectivity index (χ0) is 26.0. The molecule has 6 nitrogen and oxygen atoms in total. The van der Waals surface area contributed by atoms with Crippen LogP contribution in [-0.4, -0.2) is 62.5 Å². The Kier molecular flexibility index (Phi) is 11.5. The number of methoxy groups -OCH3 is 1. The third-order valence-corrected chi connectivity index (χ3v) is 8.73. The molecule has 0 aromatic heterocycles. The maximum atomic E-state index is 13.4. The van der Waals surface area contributed by atoms with E-state index in [9.17, 15) is 9.90 Å². The number of unbranched alkanes of at least 4 members (excludes halogenated alkanes) is 1. The first kappa shape index (κ1) is 28.9. The van der Waals surface area contributed by atoms with Crippen LogP contribution in [0.25, 0.3) is 0 Å². The summed E-state index contributed by atoms with van der Waals surface area (Å²) in [6, 6.07) is 6.43. The van der Waals surface area contributed by atoms with Crippen LogP contribution in [0, 0.1) is 25.7 Å². The number of ether oxygens (including phenoxy) is 1. The largest absolute Gasteiger partial charge is 0.385 e. The minimum Gasteiger partial charge on any atom is -0.385 e. The van der Waals surface area contributed by atoms with Crippen molar-refractivity contribution >= 4 is 6.03 Å². The Morgan fingerprint density at radius 3 is 2.67 bits per heavy atom. The summed E-state index contributed by atoms with van der Waals surface area (Å²) in [4.78, 5) is 15.4. The number of aliphatic hydroxyl groups is 1. The Bertz CT molecular complexity index is 811. The van der Waals surface area contributed by atoms with Gasteiger partial charge in [0, 0.05) is 45.3 Å². The second-order valence-corrected chi connectivity index (χ2v) is 11.4. The lowest BCUT2D eigenvalue weighted by atomic mass is 9.72. The predicted octanol–water partition coefficient (Wildman–Crippen LogP) is 5.29. The van der Waals surface area contributed by atoms with Crippen LogP contribution in [0.3, 0.4) is 0 Å². The fourth-order valence-electron chi connectivity index (χ4n) is 6.50. The second kappa shape index (κ2) is 14.3. The van der Waals surface area contributed by atoms with E-state index in [0.717, 1.165) is 56.3 Å². The van der Waals surface area contributed by atoms with E-state index in [2.05, 4.69) is 42.7 Å². The number of piperidine rings is 1. The first-order valence-corrected chi connectivity index (χ1v) is 14.4. The van der Waals surface area contributed by atoms with Crippen LogP contribution in [0.1, 0.15) is 87.3 Å². The van der Waals surface area contributed by atoms with E-state index in [-0.39, 0.29) is 18.0 Å². The molecule has 3 N–H and O–H groups in total. The number of rotatable bonds is 12. The fraction of sp³-hybridized carbons (Fsp3) is 0.767. The molecule has 1 unspecified atom stereocenters. The van der Waals surface area contributed by atoms with Gasteiger partial charge in [0.25, 0.3) is 0 Å². The van der Waals surface area contributed by atoms with Gasteiger partial charge >= 0.3 is 6.03 Å². The highest BCUT2D eigenvalue weighted by Crippen LogP contribution is 2.41. The summed E-state index contributed by atoms with van der Waals surface area (Å²) in [5.74, 6) is 0.731. The van der Waals surface area contributed by atoms with E-state index in [1.807, 2.05) is 11.9 Å². The number of likely N-dealkylation sites (N-methyl/N-ethyl adjacent to an activating group) is 1. The number of nitrogens with one attached hydrogen (secondary N) is 2. The van der Waals surface area contributed by atoms with Crippen molar-refractivity contribution in [2.45, 2.75) is 96.1 Å². The number of amides is 2. The first-order valence-electron chi connectivity index (χ1n) is 14.4. The summed E-state index contributed by atoms with van der Waals surface area (Å²) in [6.45, 7) is 7.08. The molecule has 2 amide bonds. The summed E-state index contributed by atoms with van der Waals surface area (Å²) < 4.78 is 5.26. The molecule has 2 aliphatic rings. The van der Waals surface area contributed by atoms with Gasteiger partial charge in [-0.05, 0) is 82.0 Å². The Labute approximate surface area is 219 Å². The molecule has 1 aromatic carbocycles. The molecular formula is C30H51N3O3. The van der Waals surface area contributed by atoms with Crippen LogP contribution in [-0.2, 0) is 10.3 Å². The molecule has 2 fully saturated rings. The predicted molar refractivity (Wildman–Crippen MR) is 147 cm³/mol. The summed E-state index contributed by atoms with van der Waals surface area (Å²) in [5.41, 5.74) is 2.44. The van der Waals surface area contributed by atoms with Gasteiger partial charge in [-0.15, -0.1) is 0 Å². The van der Waals surface area contributed by atoms with Gasteiger partial charge in [-0.3, -0.25) is 0 Å². The van der Waals surface area contributed by atoms with Gasteiger partial charge in [0.15, 0.2) is 0 Å². The molecule has 1 saturated carbocycles. The molecule has 204 valence electrons. The van der Waals surface area contributed by atoms with Crippen LogP contribution in [0.15, 0.2) is 18.2 Å². The lowest BCUT2D eigenvalue weighted by molar-refractivity contribution is -0.0568. The fourth-order valence-corrected chi connectivity index (χ4v) is 6.50. The van der Waals surface area contributed by atoms with Gasteiger partial charge in [-0.25, -0.2) is 4.79 Å². The van der Waals surface area contributed by atoms with Crippen LogP contribution in [0.2, 0.25) is 0 Å². The van der Waals surface area contributed by atoms with Gasteiger partial charge in [-0.2, -0.15) is 0 Å². The Hall–Kier alpha value is -1.63. The maximum Gasteiger partial charge on any atom is 0.317 e. The van der Waals surface area contributed by atoms with Crippen molar-refractivity contribution in [3.63, 3.8) is 0 Å². The topological polar surface area (TPSA) is 73.8 Å². The average molecular weight is 502 g/mol. The molecular weight excluding hydrogens is 450 g/mol. The quantitative estimate of drug-likeness (QED) is 0.340. The van der Waals surface area contributed by atoms with Crippen molar-refractivity contribution in [1.29, 1.82) is 0 Å². The molecule has 1 aromatic rings. The molecule has 3 rings (SSSR count). The van der Waals surface area contributed by atoms with E-state index >= 15 is 0 Å². The van der Waals surface area contributed by atoms with E-state index in [1.54, 1.807) is 7.11 Å². The number of hydrogen-bond acceptors (Lipinski definition) is 4. The lowest BCUT2D eigenvalue weighted by Crippen LogP contribution is -2.54. The third-order valence-electron chi connectivity index (χ3n) is 8.73. The van der Waals surface area contributed by atoms with Crippen LogP contribution >= 0.6 is 0 Å². The van der Waals surface area contributed by atoms with Crippen molar-refractivity contribution in [2.75, 3.05) is 40.4 Å². The lowest BCUT2D eigenvalue weighted by Gasteiger charge is -2.44. The van der Waals surface area contributed by atoms with Crippen LogP contribution in [0.4, 0.5) is 4.79 Å². The molecule has 1 heterocycles. The smallest absolute Gasteiger partial charge is 0.317 e. The SMILES string of the molecule is CNCC(CC1CCCCC1)NC(=O)N1CCC[C@@H]([C@@](O)(CCCCOC)c2cccc(C)c2C)C1. The molecule has 1 aliphatic carbocycles. The zero-order valence-corrected chi connectivity index (χ0v) is 23.3. The molecule has 0 bridgehead atoms. The summed E-state index contributed by atoms with van der Waals surface area (Å²) >= 11 is 0. The van der Waals surface area contributed by atoms with E-state index in [1.165, 1.54) is 37.7 Å². The van der Waals surface area contributed by atoms with Crippen molar-refractivity contribution in [2.24, 2.45) is 11.8 Å². The minimum absolute atomic E-state index is 0.0149. The van der Waals surface area contributed by atoms with E-state index in [0.29, 0.717) is 25.5 Å². The molecule has 1 aliphatic heterocycles. The second-order valence-electron chi connectivity index (χ2n) is 11.4. The van der Waals surface area contributed by atoms with Gasteiger partial charge in [-0.1, -0.05) is 50.3 Å². The number of nitrogens with zero attached hydrogens (tertiary/aromatic N) is 1. The first-order chi connectivity index (χ1) is 17.4. The minimum atomic E-state index is -0.949. The highest BCUT2D eigenvalue weighted by Gasteiger charge is 2.42. The average Bonchev–Trinajstić information content (AvgIpc) is 2.89. The van der Waals surface area contributed by atoms with Crippen molar-refractivity contribution in [1.82, 2.24) is 15.5 Å². The molecule has 3 atom stereocenters. The van der Waals surface area contributed by atoms with Crippen molar-refractivity contribution in [3.05, 3.63) is 34.9 Å². The van der Waals surface area contributed by atoms with Gasteiger partial charge in [0.1, 0.15) is 0 Å². The summed E-state index contributed by atoms with van der Waals surface area (Å²) in [6.07, 6.45) is 12.0. The standard InChI is InChI=1S/C30H51N3O3/c1-23-12-10-16-28(24(23)2)30(35,17-8-9-19-36-4)26-15-11-18-33(22-26)29(34)32-27(21-31-3)20-25-13-6-5-7-14-25/h10,12,16,25-27,31,35H,5-9,11,13-15,17-22H2,1-4H3,(H,32,34)/t26-,27?,30+/m1/s1. The van der Waals surface area contributed by atoms with Crippen LogP contribution < -0.4 is 10.6 Å². The number of benzene rings is 1. The zero-order valence-electron chi connectivity index (χ0n) is 23.3. The monoisotopic (exact) mass is 501 g/mol. The number of likely N-dealkylation sites (tertiary alicyclic amines) is 1. The highest BCUT2D eigenvalue weighted by molar-refractivity contribution is 5.74. The van der Waals surface area contributed by atoms with Gasteiger partial charge < -0.3 is 25.4 Å².